The van der Waals surface area contributed by atoms with Gasteiger partial charge in [-0.25, -0.2) is 0 Å². The zero-order chi connectivity index (χ0) is 26.1. The van der Waals surface area contributed by atoms with Crippen LogP contribution in [0, 0.1) is 5.92 Å². The van der Waals surface area contributed by atoms with E-state index in [1.807, 2.05) is 12.1 Å². The molecule has 4 nitrogen and oxygen atoms in total. The first kappa shape index (κ1) is 25.5. The van der Waals surface area contributed by atoms with E-state index in [1.165, 1.54) is 53.6 Å². The first-order valence-electron chi connectivity index (χ1n) is 14.5. The van der Waals surface area contributed by atoms with Crippen LogP contribution in [0.15, 0.2) is 60.7 Å². The summed E-state index contributed by atoms with van der Waals surface area (Å²) in [7, 11) is 3.48. The fraction of sp³-hybridized carbons (Fsp3) is 0.471. The van der Waals surface area contributed by atoms with Crippen molar-refractivity contribution in [3.05, 3.63) is 94.0 Å². The molecule has 3 aromatic rings. The lowest BCUT2D eigenvalue weighted by molar-refractivity contribution is -0.141. The molecule has 3 aromatic carbocycles. The van der Waals surface area contributed by atoms with E-state index in [4.69, 9.17) is 9.47 Å². The molecule has 0 amide bonds. The Labute approximate surface area is 227 Å². The number of fused-ring (bicyclic) bond motifs is 2. The Kier molecular flexibility index (Phi) is 7.45. The molecule has 1 aliphatic heterocycles. The van der Waals surface area contributed by atoms with Crippen molar-refractivity contribution >= 4 is 5.69 Å². The summed E-state index contributed by atoms with van der Waals surface area (Å²) < 4.78 is 11.0. The van der Waals surface area contributed by atoms with Crippen LogP contribution in [0.25, 0.3) is 0 Å². The summed E-state index contributed by atoms with van der Waals surface area (Å²) in [6.45, 7) is 2.05. The number of hydrogen-bond acceptors (Lipinski definition) is 4. The standard InChI is InChI=1S/C34H41NO3/c1-37-34(38-2)25-17-19-35(20-18-25)29-12-9-24(10-13-29)33-31(15-11-28-22-30(36)14-16-32(28)33)27-8-7-23-5-3-4-6-26(23)21-27/h7-10,12-14,16,21-22,25,31,33-34,36H,3-6,11,15,17-20H2,1-2H3/t31-,33+/m0/s1. The van der Waals surface area contributed by atoms with Crippen molar-refractivity contribution < 1.29 is 14.6 Å². The maximum Gasteiger partial charge on any atom is 0.159 e. The van der Waals surface area contributed by atoms with Crippen LogP contribution in [-0.2, 0) is 28.7 Å². The normalized spacial score (nSPS) is 21.8. The van der Waals surface area contributed by atoms with Gasteiger partial charge in [0.25, 0.3) is 0 Å². The van der Waals surface area contributed by atoms with Gasteiger partial charge >= 0.3 is 0 Å². The van der Waals surface area contributed by atoms with Crippen molar-refractivity contribution in [1.82, 2.24) is 0 Å². The van der Waals surface area contributed by atoms with Crippen LogP contribution in [0.4, 0.5) is 5.69 Å². The summed E-state index contributed by atoms with van der Waals surface area (Å²) in [4.78, 5) is 2.50. The maximum atomic E-state index is 10.2. The Bertz CT molecular complexity index is 1240. The van der Waals surface area contributed by atoms with E-state index in [-0.39, 0.29) is 6.29 Å². The number of hydrogen-bond donors (Lipinski definition) is 1. The minimum absolute atomic E-state index is 0.106. The van der Waals surface area contributed by atoms with Crippen molar-refractivity contribution in [3.63, 3.8) is 0 Å². The van der Waals surface area contributed by atoms with Crippen LogP contribution in [0.1, 0.15) is 77.3 Å². The molecule has 1 heterocycles. The lowest BCUT2D eigenvalue weighted by atomic mass is 9.68. The fourth-order valence-corrected chi connectivity index (χ4v) is 7.36. The molecule has 0 bridgehead atoms. The van der Waals surface area contributed by atoms with E-state index < -0.39 is 0 Å². The minimum Gasteiger partial charge on any atom is -0.508 e. The molecule has 4 heteroatoms. The van der Waals surface area contributed by atoms with E-state index in [9.17, 15) is 5.11 Å². The highest BCUT2D eigenvalue weighted by Gasteiger charge is 2.33. The van der Waals surface area contributed by atoms with Crippen LogP contribution in [0.5, 0.6) is 5.75 Å². The van der Waals surface area contributed by atoms with Crippen LogP contribution in [-0.4, -0.2) is 38.7 Å². The summed E-state index contributed by atoms with van der Waals surface area (Å²) in [6.07, 6.45) is 9.23. The van der Waals surface area contributed by atoms with Crippen LogP contribution in [0.2, 0.25) is 0 Å². The van der Waals surface area contributed by atoms with Crippen LogP contribution >= 0.6 is 0 Å². The topological polar surface area (TPSA) is 41.9 Å². The molecule has 6 rings (SSSR count). The van der Waals surface area contributed by atoms with Gasteiger partial charge in [-0.1, -0.05) is 36.4 Å². The zero-order valence-corrected chi connectivity index (χ0v) is 22.9. The second-order valence-corrected chi connectivity index (χ2v) is 11.5. The second-order valence-electron chi connectivity index (χ2n) is 11.5. The Hall–Kier alpha value is -2.82. The van der Waals surface area contributed by atoms with E-state index in [0.717, 1.165) is 38.8 Å². The number of benzene rings is 3. The largest absolute Gasteiger partial charge is 0.508 e. The van der Waals surface area contributed by atoms with Gasteiger partial charge in [0.15, 0.2) is 6.29 Å². The number of rotatable bonds is 6. The van der Waals surface area contributed by atoms with Gasteiger partial charge in [0, 0.05) is 44.8 Å². The first-order valence-corrected chi connectivity index (χ1v) is 14.5. The number of piperidine rings is 1. The van der Waals surface area contributed by atoms with Gasteiger partial charge in [0.05, 0.1) is 0 Å². The highest BCUT2D eigenvalue weighted by Crippen LogP contribution is 2.47. The van der Waals surface area contributed by atoms with Gasteiger partial charge in [-0.15, -0.1) is 0 Å². The quantitative estimate of drug-likeness (QED) is 0.363. The Morgan fingerprint density at radius 1 is 0.737 bits per heavy atom. The van der Waals surface area contributed by atoms with Crippen LogP contribution in [0.3, 0.4) is 0 Å². The smallest absolute Gasteiger partial charge is 0.159 e. The molecule has 0 radical (unpaired) electrons. The lowest BCUT2D eigenvalue weighted by Crippen LogP contribution is -2.39. The number of ether oxygens (including phenoxy) is 2. The summed E-state index contributed by atoms with van der Waals surface area (Å²) in [5.74, 6) is 1.57. The number of nitrogens with zero attached hydrogens (tertiary/aromatic N) is 1. The van der Waals surface area contributed by atoms with E-state index in [2.05, 4.69) is 53.4 Å². The van der Waals surface area contributed by atoms with Gasteiger partial charge in [-0.2, -0.15) is 0 Å². The third-order valence-corrected chi connectivity index (χ3v) is 9.40. The average Bonchev–Trinajstić information content (AvgIpc) is 2.97. The van der Waals surface area contributed by atoms with Crippen molar-refractivity contribution in [1.29, 1.82) is 0 Å². The van der Waals surface area contributed by atoms with E-state index >= 15 is 0 Å². The predicted octanol–water partition coefficient (Wildman–Crippen LogP) is 6.97. The third kappa shape index (κ3) is 4.97. The van der Waals surface area contributed by atoms with E-state index in [0.29, 0.717) is 23.5 Å². The van der Waals surface area contributed by atoms with Crippen molar-refractivity contribution in [2.75, 3.05) is 32.2 Å². The summed E-state index contributed by atoms with van der Waals surface area (Å²) in [6, 6.07) is 22.7. The summed E-state index contributed by atoms with van der Waals surface area (Å²) in [5.41, 5.74) is 9.92. The molecule has 200 valence electrons. The first-order chi connectivity index (χ1) is 18.6. The number of phenolic OH excluding ortho intramolecular Hbond substituents is 1. The molecule has 1 N–H and O–H groups in total. The fourth-order valence-electron chi connectivity index (χ4n) is 7.36. The van der Waals surface area contributed by atoms with Gasteiger partial charge in [-0.05, 0) is 115 Å². The van der Waals surface area contributed by atoms with Crippen molar-refractivity contribution in [2.45, 2.75) is 69.5 Å². The lowest BCUT2D eigenvalue weighted by Gasteiger charge is -2.37. The zero-order valence-electron chi connectivity index (χ0n) is 22.9. The number of phenols is 1. The molecule has 0 unspecified atom stereocenters. The van der Waals surface area contributed by atoms with Gasteiger partial charge in [-0.3, -0.25) is 0 Å². The SMILES string of the molecule is COC(OC)C1CCN(c2ccc([C@H]3c4ccc(O)cc4CC[C@H]3c3ccc4c(c3)CCCC4)cc2)CC1. The molecule has 0 spiro atoms. The Morgan fingerprint density at radius 3 is 2.18 bits per heavy atom. The minimum atomic E-state index is -0.106. The predicted molar refractivity (Wildman–Crippen MR) is 153 cm³/mol. The molecular formula is C34H41NO3. The molecule has 38 heavy (non-hydrogen) atoms. The van der Waals surface area contributed by atoms with Gasteiger partial charge < -0.3 is 19.5 Å². The maximum absolute atomic E-state index is 10.2. The molecule has 3 aliphatic rings. The number of methoxy groups -OCH3 is 2. The number of aromatic hydroxyl groups is 1. The van der Waals surface area contributed by atoms with Gasteiger partial charge in [0.2, 0.25) is 0 Å². The average molecular weight is 512 g/mol. The van der Waals surface area contributed by atoms with E-state index in [1.54, 1.807) is 25.3 Å². The molecule has 1 saturated heterocycles. The third-order valence-electron chi connectivity index (χ3n) is 9.40. The van der Waals surface area contributed by atoms with Crippen molar-refractivity contribution in [3.8, 4) is 5.75 Å². The molecule has 0 aromatic heterocycles. The second kappa shape index (κ2) is 11.1. The van der Waals surface area contributed by atoms with Crippen molar-refractivity contribution in [2.24, 2.45) is 5.92 Å². The number of aryl methyl sites for hydroxylation is 3. The molecule has 1 fully saturated rings. The Morgan fingerprint density at radius 2 is 1.45 bits per heavy atom. The summed E-state index contributed by atoms with van der Waals surface area (Å²) >= 11 is 0. The number of anilines is 1. The van der Waals surface area contributed by atoms with Crippen LogP contribution < -0.4 is 4.90 Å². The monoisotopic (exact) mass is 511 g/mol. The molecule has 2 aliphatic carbocycles. The molecular weight excluding hydrogens is 470 g/mol. The Balaban J connectivity index is 1.28. The molecule has 0 saturated carbocycles. The highest BCUT2D eigenvalue weighted by molar-refractivity contribution is 5.53. The summed E-state index contributed by atoms with van der Waals surface area (Å²) in [5, 5.41) is 10.2. The van der Waals surface area contributed by atoms with Gasteiger partial charge in [0.1, 0.15) is 5.75 Å². The highest BCUT2D eigenvalue weighted by atomic mass is 16.7. The molecule has 2 atom stereocenters.